The minimum atomic E-state index is -0.432. The average molecular weight is 216 g/mol. The van der Waals surface area contributed by atoms with E-state index >= 15 is 0 Å². The Hall–Kier alpha value is -0.610. The first-order valence-electron chi connectivity index (χ1n) is 5.59. The lowest BCUT2D eigenvalue weighted by molar-refractivity contribution is -0.134. The van der Waals surface area contributed by atoms with Gasteiger partial charge in [-0.1, -0.05) is 6.92 Å². The molecule has 0 aromatic rings. The molecule has 4 heteroatoms. The van der Waals surface area contributed by atoms with E-state index in [0.29, 0.717) is 13.0 Å². The Labute approximate surface area is 92.8 Å². The van der Waals surface area contributed by atoms with E-state index in [9.17, 15) is 4.79 Å². The molecule has 0 aliphatic heterocycles. The largest absolute Gasteiger partial charge is 0.385 e. The van der Waals surface area contributed by atoms with E-state index < -0.39 is 6.04 Å². The number of rotatable bonds is 7. The lowest BCUT2D eigenvalue weighted by atomic mass is 10.1. The molecule has 2 N–H and O–H groups in total. The molecule has 0 radical (unpaired) electrons. The summed E-state index contributed by atoms with van der Waals surface area (Å²) in [5.41, 5.74) is 5.80. The molecule has 0 fully saturated rings. The van der Waals surface area contributed by atoms with Gasteiger partial charge < -0.3 is 15.4 Å². The lowest BCUT2D eigenvalue weighted by Crippen LogP contribution is -2.47. The van der Waals surface area contributed by atoms with Gasteiger partial charge in [0.25, 0.3) is 0 Å². The maximum absolute atomic E-state index is 11.9. The first-order valence-corrected chi connectivity index (χ1v) is 5.59. The van der Waals surface area contributed by atoms with E-state index in [2.05, 4.69) is 6.92 Å². The van der Waals surface area contributed by atoms with Crippen LogP contribution in [0.1, 0.15) is 33.6 Å². The molecule has 0 aliphatic carbocycles. The van der Waals surface area contributed by atoms with Gasteiger partial charge in [-0.3, -0.25) is 4.79 Å². The Balaban J connectivity index is 4.22. The summed E-state index contributed by atoms with van der Waals surface area (Å²) in [6, 6.07) is -0.218. The van der Waals surface area contributed by atoms with E-state index in [1.54, 1.807) is 7.11 Å². The first kappa shape index (κ1) is 14.4. The van der Waals surface area contributed by atoms with Crippen molar-refractivity contribution < 1.29 is 9.53 Å². The van der Waals surface area contributed by atoms with E-state index in [0.717, 1.165) is 13.0 Å². The Morgan fingerprint density at radius 2 is 2.07 bits per heavy atom. The van der Waals surface area contributed by atoms with E-state index in [4.69, 9.17) is 10.5 Å². The Bertz CT molecular complexity index is 183. The van der Waals surface area contributed by atoms with Gasteiger partial charge in [-0.05, 0) is 26.7 Å². The van der Waals surface area contributed by atoms with Crippen LogP contribution in [0.5, 0.6) is 0 Å². The van der Waals surface area contributed by atoms with E-state index in [1.807, 2.05) is 18.7 Å². The highest BCUT2D eigenvalue weighted by Crippen LogP contribution is 2.04. The Kier molecular flexibility index (Phi) is 7.34. The van der Waals surface area contributed by atoms with Gasteiger partial charge in [0, 0.05) is 26.3 Å². The highest BCUT2D eigenvalue weighted by Gasteiger charge is 2.21. The molecule has 15 heavy (non-hydrogen) atoms. The summed E-state index contributed by atoms with van der Waals surface area (Å²) < 4.78 is 4.91. The van der Waals surface area contributed by atoms with Crippen LogP contribution < -0.4 is 5.73 Å². The summed E-state index contributed by atoms with van der Waals surface area (Å²) in [5, 5.41) is 0. The van der Waals surface area contributed by atoms with Crippen LogP contribution in [0.3, 0.4) is 0 Å². The average Bonchev–Trinajstić information content (AvgIpc) is 2.21. The third-order valence-electron chi connectivity index (χ3n) is 2.32. The number of hydrogen-bond donors (Lipinski definition) is 1. The molecule has 0 aliphatic rings. The SMILES string of the molecule is CCCN(C(=O)C(N)CCOC)C(C)C. The quantitative estimate of drug-likeness (QED) is 0.690. The Morgan fingerprint density at radius 3 is 2.47 bits per heavy atom. The second-order valence-electron chi connectivity index (χ2n) is 4.01. The fraction of sp³-hybridized carbons (Fsp3) is 0.909. The van der Waals surface area contributed by atoms with Crippen molar-refractivity contribution in [2.24, 2.45) is 5.73 Å². The van der Waals surface area contributed by atoms with Crippen LogP contribution in [0.4, 0.5) is 0 Å². The highest BCUT2D eigenvalue weighted by molar-refractivity contribution is 5.81. The zero-order chi connectivity index (χ0) is 11.8. The second-order valence-corrected chi connectivity index (χ2v) is 4.01. The predicted molar refractivity (Wildman–Crippen MR) is 61.6 cm³/mol. The third-order valence-corrected chi connectivity index (χ3v) is 2.32. The topological polar surface area (TPSA) is 55.6 Å². The first-order chi connectivity index (χ1) is 7.04. The molecule has 0 bridgehead atoms. The van der Waals surface area contributed by atoms with Crippen LogP contribution >= 0.6 is 0 Å². The molecule has 0 saturated carbocycles. The maximum Gasteiger partial charge on any atom is 0.239 e. The molecule has 0 saturated heterocycles. The summed E-state index contributed by atoms with van der Waals surface area (Å²) in [6.07, 6.45) is 1.54. The molecule has 1 amide bonds. The highest BCUT2D eigenvalue weighted by atomic mass is 16.5. The van der Waals surface area contributed by atoms with Crippen LogP contribution in [-0.2, 0) is 9.53 Å². The summed E-state index contributed by atoms with van der Waals surface area (Å²) in [6.45, 7) is 7.39. The minimum Gasteiger partial charge on any atom is -0.385 e. The molecule has 4 nitrogen and oxygen atoms in total. The standard InChI is InChI=1S/C11H24N2O2/c1-5-7-13(9(2)3)11(14)10(12)6-8-15-4/h9-10H,5-8,12H2,1-4H3. The van der Waals surface area contributed by atoms with Gasteiger partial charge in [-0.2, -0.15) is 0 Å². The van der Waals surface area contributed by atoms with Crippen LogP contribution in [-0.4, -0.2) is 43.2 Å². The van der Waals surface area contributed by atoms with Gasteiger partial charge in [-0.15, -0.1) is 0 Å². The number of nitrogens with two attached hydrogens (primary N) is 1. The number of amides is 1. The van der Waals surface area contributed by atoms with Crippen molar-refractivity contribution in [1.82, 2.24) is 4.90 Å². The van der Waals surface area contributed by atoms with Crippen LogP contribution in [0, 0.1) is 0 Å². The van der Waals surface area contributed by atoms with Crippen LogP contribution in [0.15, 0.2) is 0 Å². The van der Waals surface area contributed by atoms with Crippen molar-refractivity contribution in [3.05, 3.63) is 0 Å². The van der Waals surface area contributed by atoms with Gasteiger partial charge in [0.15, 0.2) is 0 Å². The van der Waals surface area contributed by atoms with Crippen LogP contribution in [0.2, 0.25) is 0 Å². The Morgan fingerprint density at radius 1 is 1.47 bits per heavy atom. The summed E-state index contributed by atoms with van der Waals surface area (Å²) in [7, 11) is 1.61. The molecule has 90 valence electrons. The molecule has 0 rings (SSSR count). The number of nitrogens with zero attached hydrogens (tertiary/aromatic N) is 1. The van der Waals surface area contributed by atoms with Crippen molar-refractivity contribution in [3.63, 3.8) is 0 Å². The lowest BCUT2D eigenvalue weighted by Gasteiger charge is -2.29. The van der Waals surface area contributed by atoms with E-state index in [-0.39, 0.29) is 11.9 Å². The predicted octanol–water partition coefficient (Wildman–Crippen LogP) is 0.997. The van der Waals surface area contributed by atoms with Crippen molar-refractivity contribution >= 4 is 5.91 Å². The van der Waals surface area contributed by atoms with Gasteiger partial charge >= 0.3 is 0 Å². The van der Waals surface area contributed by atoms with E-state index in [1.165, 1.54) is 0 Å². The van der Waals surface area contributed by atoms with Crippen molar-refractivity contribution in [3.8, 4) is 0 Å². The molecule has 1 atom stereocenters. The smallest absolute Gasteiger partial charge is 0.239 e. The zero-order valence-electron chi connectivity index (χ0n) is 10.3. The van der Waals surface area contributed by atoms with Crippen molar-refractivity contribution in [2.45, 2.75) is 45.7 Å². The minimum absolute atomic E-state index is 0.0314. The second kappa shape index (κ2) is 7.65. The van der Waals surface area contributed by atoms with Gasteiger partial charge in [0.05, 0.1) is 6.04 Å². The molecular formula is C11H24N2O2. The van der Waals surface area contributed by atoms with Gasteiger partial charge in [0.1, 0.15) is 0 Å². The molecule has 0 aromatic carbocycles. The number of carbonyl (C=O) groups is 1. The van der Waals surface area contributed by atoms with Gasteiger partial charge in [-0.25, -0.2) is 0 Å². The molecular weight excluding hydrogens is 192 g/mol. The molecule has 0 spiro atoms. The van der Waals surface area contributed by atoms with Gasteiger partial charge in [0.2, 0.25) is 5.91 Å². The summed E-state index contributed by atoms with van der Waals surface area (Å²) in [4.78, 5) is 13.8. The molecule has 0 aromatic heterocycles. The third kappa shape index (κ3) is 5.14. The molecule has 1 unspecified atom stereocenters. The fourth-order valence-corrected chi connectivity index (χ4v) is 1.45. The van der Waals surface area contributed by atoms with Crippen molar-refractivity contribution in [1.29, 1.82) is 0 Å². The molecule has 0 heterocycles. The normalized spacial score (nSPS) is 12.9. The number of hydrogen-bond acceptors (Lipinski definition) is 3. The van der Waals surface area contributed by atoms with Crippen LogP contribution in [0.25, 0.3) is 0 Å². The summed E-state index contributed by atoms with van der Waals surface area (Å²) >= 11 is 0. The number of ether oxygens (including phenoxy) is 1. The van der Waals surface area contributed by atoms with Crippen molar-refractivity contribution in [2.75, 3.05) is 20.3 Å². The maximum atomic E-state index is 11.9. The summed E-state index contributed by atoms with van der Waals surface area (Å²) in [5.74, 6) is 0.0314. The zero-order valence-corrected chi connectivity index (χ0v) is 10.3. The number of carbonyl (C=O) groups excluding carboxylic acids is 1. The number of methoxy groups -OCH3 is 1. The monoisotopic (exact) mass is 216 g/mol. The fourth-order valence-electron chi connectivity index (χ4n) is 1.45.